The van der Waals surface area contributed by atoms with Crippen molar-refractivity contribution in [3.8, 4) is 0 Å². The zero-order valence-corrected chi connectivity index (χ0v) is 18.2. The summed E-state index contributed by atoms with van der Waals surface area (Å²) >= 11 is 0. The number of hydrogen-bond donors (Lipinski definition) is 1. The molecule has 1 atom stereocenters. The molecule has 1 aliphatic heterocycles. The van der Waals surface area contributed by atoms with Gasteiger partial charge in [0, 0.05) is 18.2 Å². The standard InChI is InChI=1S/C21H30N2O5S/c1-15-9-10-17(29(26,27)23-13-7-4-8-16(23)2)14-18(15)19(24)22-21(20(25)28-3)11-5-6-12-21/h9-10,14,16H,4-8,11-13H2,1-3H3,(H,22,24). The van der Waals surface area contributed by atoms with E-state index >= 15 is 0 Å². The van der Waals surface area contributed by atoms with Crippen molar-refractivity contribution in [3.63, 3.8) is 0 Å². The minimum atomic E-state index is -3.69. The van der Waals surface area contributed by atoms with Gasteiger partial charge in [-0.2, -0.15) is 4.31 Å². The van der Waals surface area contributed by atoms with Crippen LogP contribution in [0.5, 0.6) is 0 Å². The highest BCUT2D eigenvalue weighted by molar-refractivity contribution is 7.89. The van der Waals surface area contributed by atoms with Gasteiger partial charge in [0.1, 0.15) is 5.54 Å². The number of sulfonamides is 1. The molecule has 1 aliphatic carbocycles. The quantitative estimate of drug-likeness (QED) is 0.737. The fourth-order valence-corrected chi connectivity index (χ4v) is 6.14. The van der Waals surface area contributed by atoms with Gasteiger partial charge in [-0.05, 0) is 57.2 Å². The third-order valence-electron chi connectivity index (χ3n) is 6.19. The molecule has 0 bridgehead atoms. The summed E-state index contributed by atoms with van der Waals surface area (Å²) in [6, 6.07) is 4.57. The predicted octanol–water partition coefficient (Wildman–Crippen LogP) is 2.77. The smallest absolute Gasteiger partial charge is 0.331 e. The number of rotatable bonds is 5. The Bertz CT molecular complexity index is 890. The maximum atomic E-state index is 13.2. The molecule has 1 unspecified atom stereocenters. The first-order valence-corrected chi connectivity index (χ1v) is 11.7. The molecule has 1 aromatic carbocycles. The van der Waals surface area contributed by atoms with Crippen LogP contribution in [0, 0.1) is 6.92 Å². The second-order valence-corrected chi connectivity index (χ2v) is 10.1. The minimum absolute atomic E-state index is 0.0617. The number of carbonyl (C=O) groups excluding carboxylic acids is 2. The van der Waals surface area contributed by atoms with Gasteiger partial charge in [0.2, 0.25) is 10.0 Å². The molecule has 0 aromatic heterocycles. The van der Waals surface area contributed by atoms with Crippen LogP contribution in [0.2, 0.25) is 0 Å². The minimum Gasteiger partial charge on any atom is -0.467 e. The van der Waals surface area contributed by atoms with Crippen molar-refractivity contribution in [2.45, 2.75) is 75.3 Å². The molecule has 0 spiro atoms. The summed E-state index contributed by atoms with van der Waals surface area (Å²) in [4.78, 5) is 25.5. The first-order valence-electron chi connectivity index (χ1n) is 10.2. The Morgan fingerprint density at radius 1 is 1.17 bits per heavy atom. The molecular weight excluding hydrogens is 392 g/mol. The second-order valence-electron chi connectivity index (χ2n) is 8.17. The van der Waals surface area contributed by atoms with Crippen LogP contribution in [0.4, 0.5) is 0 Å². The van der Waals surface area contributed by atoms with Crippen LogP contribution < -0.4 is 5.32 Å². The van der Waals surface area contributed by atoms with Gasteiger partial charge in [0.25, 0.3) is 5.91 Å². The number of methoxy groups -OCH3 is 1. The van der Waals surface area contributed by atoms with Crippen LogP contribution in [0.1, 0.15) is 67.8 Å². The maximum Gasteiger partial charge on any atom is 0.331 e. The summed E-state index contributed by atoms with van der Waals surface area (Å²) in [5.41, 5.74) is -0.105. The maximum absolute atomic E-state index is 13.2. The first-order chi connectivity index (χ1) is 13.7. The Morgan fingerprint density at radius 3 is 2.48 bits per heavy atom. The van der Waals surface area contributed by atoms with E-state index in [4.69, 9.17) is 4.74 Å². The van der Waals surface area contributed by atoms with Crippen molar-refractivity contribution in [1.29, 1.82) is 0 Å². The van der Waals surface area contributed by atoms with Crippen molar-refractivity contribution in [2.75, 3.05) is 13.7 Å². The summed E-state index contributed by atoms with van der Waals surface area (Å²) < 4.78 is 32.8. The zero-order chi connectivity index (χ0) is 21.2. The SMILES string of the molecule is COC(=O)C1(NC(=O)c2cc(S(=O)(=O)N3CCCCC3C)ccc2C)CCCC1. The molecular formula is C21H30N2O5S. The van der Waals surface area contributed by atoms with E-state index in [1.165, 1.54) is 17.5 Å². The molecule has 1 saturated carbocycles. The average Bonchev–Trinajstić information content (AvgIpc) is 3.17. The number of hydrogen-bond acceptors (Lipinski definition) is 5. The lowest BCUT2D eigenvalue weighted by Gasteiger charge is -2.32. The highest BCUT2D eigenvalue weighted by Gasteiger charge is 2.44. The topological polar surface area (TPSA) is 92.8 Å². The summed E-state index contributed by atoms with van der Waals surface area (Å²) in [7, 11) is -2.37. The van der Waals surface area contributed by atoms with Crippen LogP contribution in [0.25, 0.3) is 0 Å². The Labute approximate surface area is 172 Å². The van der Waals surface area contributed by atoms with Gasteiger partial charge in [-0.1, -0.05) is 25.3 Å². The van der Waals surface area contributed by atoms with E-state index in [0.717, 1.165) is 32.1 Å². The third kappa shape index (κ3) is 4.19. The molecule has 0 radical (unpaired) electrons. The van der Waals surface area contributed by atoms with Crippen molar-refractivity contribution in [3.05, 3.63) is 29.3 Å². The largest absolute Gasteiger partial charge is 0.467 e. The van der Waals surface area contributed by atoms with Crippen LogP contribution >= 0.6 is 0 Å². The third-order valence-corrected chi connectivity index (χ3v) is 8.20. The monoisotopic (exact) mass is 422 g/mol. The van der Waals surface area contributed by atoms with Crippen LogP contribution in [0.3, 0.4) is 0 Å². The normalized spacial score (nSPS) is 22.2. The Kier molecular flexibility index (Phi) is 6.33. The van der Waals surface area contributed by atoms with Gasteiger partial charge >= 0.3 is 5.97 Å². The number of benzene rings is 1. The van der Waals surface area contributed by atoms with E-state index in [9.17, 15) is 18.0 Å². The molecule has 1 amide bonds. The van der Waals surface area contributed by atoms with Crippen molar-refractivity contribution >= 4 is 21.9 Å². The van der Waals surface area contributed by atoms with Crippen LogP contribution in [0.15, 0.2) is 23.1 Å². The number of carbonyl (C=O) groups is 2. The van der Waals surface area contributed by atoms with Gasteiger partial charge in [-0.25, -0.2) is 13.2 Å². The van der Waals surface area contributed by atoms with E-state index in [0.29, 0.717) is 24.9 Å². The highest BCUT2D eigenvalue weighted by Crippen LogP contribution is 2.32. The fourth-order valence-electron chi connectivity index (χ4n) is 4.41. The molecule has 1 aromatic rings. The number of esters is 1. The lowest BCUT2D eigenvalue weighted by atomic mass is 9.96. The lowest BCUT2D eigenvalue weighted by Crippen LogP contribution is -2.53. The van der Waals surface area contributed by atoms with E-state index in [-0.39, 0.29) is 16.5 Å². The molecule has 2 aliphatic rings. The number of amides is 1. The summed E-state index contributed by atoms with van der Waals surface area (Å²) in [6.45, 7) is 4.16. The summed E-state index contributed by atoms with van der Waals surface area (Å²) in [5, 5.41) is 2.85. The molecule has 1 N–H and O–H groups in total. The number of aryl methyl sites for hydroxylation is 1. The average molecular weight is 423 g/mol. The number of piperidine rings is 1. The van der Waals surface area contributed by atoms with Crippen molar-refractivity contribution < 1.29 is 22.7 Å². The summed E-state index contributed by atoms with van der Waals surface area (Å²) in [5.74, 6) is -0.898. The predicted molar refractivity (Wildman–Crippen MR) is 109 cm³/mol. The molecule has 29 heavy (non-hydrogen) atoms. The van der Waals surface area contributed by atoms with Crippen LogP contribution in [-0.4, -0.2) is 49.8 Å². The molecule has 1 saturated heterocycles. The lowest BCUT2D eigenvalue weighted by molar-refractivity contribution is -0.148. The fraction of sp³-hybridized carbons (Fsp3) is 0.619. The first kappa shape index (κ1) is 21.8. The molecule has 8 heteroatoms. The van der Waals surface area contributed by atoms with Crippen molar-refractivity contribution in [1.82, 2.24) is 9.62 Å². The highest BCUT2D eigenvalue weighted by atomic mass is 32.2. The number of ether oxygens (including phenoxy) is 1. The molecule has 2 fully saturated rings. The van der Waals surface area contributed by atoms with Gasteiger partial charge in [-0.15, -0.1) is 0 Å². The summed E-state index contributed by atoms with van der Waals surface area (Å²) in [6.07, 6.45) is 5.39. The van der Waals surface area contributed by atoms with E-state index in [2.05, 4.69) is 5.32 Å². The van der Waals surface area contributed by atoms with Gasteiger partial charge in [0.05, 0.1) is 12.0 Å². The Hall–Kier alpha value is -1.93. The Balaban J connectivity index is 1.91. The molecule has 3 rings (SSSR count). The Morgan fingerprint density at radius 2 is 1.86 bits per heavy atom. The molecule has 1 heterocycles. The molecule has 160 valence electrons. The van der Waals surface area contributed by atoms with Crippen molar-refractivity contribution in [2.24, 2.45) is 0 Å². The van der Waals surface area contributed by atoms with Crippen LogP contribution in [-0.2, 0) is 19.6 Å². The molecule has 7 nitrogen and oxygen atoms in total. The second kappa shape index (κ2) is 8.44. The van der Waals surface area contributed by atoms with Gasteiger partial charge in [-0.3, -0.25) is 4.79 Å². The van der Waals surface area contributed by atoms with E-state index in [1.54, 1.807) is 19.1 Å². The van der Waals surface area contributed by atoms with Gasteiger partial charge in [0.15, 0.2) is 0 Å². The number of nitrogens with zero attached hydrogens (tertiary/aromatic N) is 1. The van der Waals surface area contributed by atoms with Gasteiger partial charge < -0.3 is 10.1 Å². The van der Waals surface area contributed by atoms with E-state index < -0.39 is 27.4 Å². The van der Waals surface area contributed by atoms with E-state index in [1.807, 2.05) is 6.92 Å². The zero-order valence-electron chi connectivity index (χ0n) is 17.4. The number of nitrogens with one attached hydrogen (secondary N) is 1.